The predicted octanol–water partition coefficient (Wildman–Crippen LogP) is 3.22. The lowest BCUT2D eigenvalue weighted by Crippen LogP contribution is -1.92. The molecule has 0 radical (unpaired) electrons. The molecule has 1 aromatic rings. The number of hydrogen-bond donors (Lipinski definition) is 1. The largest absolute Gasteiger partial charge is 0.507 e. The first-order chi connectivity index (χ1) is 7.34. The van der Waals surface area contributed by atoms with Gasteiger partial charge in [-0.15, -0.1) is 0 Å². The summed E-state index contributed by atoms with van der Waals surface area (Å²) < 4.78 is 5.37. The second-order valence-corrected chi connectivity index (χ2v) is 3.39. The third-order valence-corrected chi connectivity index (χ3v) is 2.09. The minimum absolute atomic E-state index is 0.308. The maximum atomic E-state index is 9.46. The molecular weight excluding hydrogens is 188 g/mol. The summed E-state index contributed by atoms with van der Waals surface area (Å²) in [4.78, 5) is 0. The van der Waals surface area contributed by atoms with Gasteiger partial charge in [-0.1, -0.05) is 43.7 Å². The van der Waals surface area contributed by atoms with Gasteiger partial charge in [-0.3, -0.25) is 0 Å². The molecule has 0 saturated carbocycles. The number of aromatic hydroxyl groups is 1. The molecule has 2 heteroatoms. The van der Waals surface area contributed by atoms with Gasteiger partial charge in [0, 0.05) is 12.2 Å². The number of rotatable bonds is 6. The molecule has 1 N–H and O–H groups in total. The fourth-order valence-electron chi connectivity index (χ4n) is 1.20. The van der Waals surface area contributed by atoms with Crippen molar-refractivity contribution in [3.05, 3.63) is 35.9 Å². The van der Waals surface area contributed by atoms with E-state index in [0.29, 0.717) is 12.4 Å². The molecule has 0 aliphatic carbocycles. The quantitative estimate of drug-likeness (QED) is 0.724. The van der Waals surface area contributed by atoms with Crippen molar-refractivity contribution in [1.82, 2.24) is 0 Å². The van der Waals surface area contributed by atoms with Crippen molar-refractivity contribution in [2.45, 2.75) is 19.8 Å². The Labute approximate surface area is 91.2 Å². The van der Waals surface area contributed by atoms with Crippen LogP contribution >= 0.6 is 0 Å². The minimum atomic E-state index is 0.308. The highest BCUT2D eigenvalue weighted by atomic mass is 16.5. The average Bonchev–Trinajstić information content (AvgIpc) is 2.25. The molecule has 1 aromatic carbocycles. The fraction of sp³-hybridized carbons (Fsp3) is 0.385. The van der Waals surface area contributed by atoms with Crippen LogP contribution in [0, 0.1) is 0 Å². The Morgan fingerprint density at radius 1 is 1.33 bits per heavy atom. The fourth-order valence-corrected chi connectivity index (χ4v) is 1.20. The van der Waals surface area contributed by atoms with Gasteiger partial charge in [0.1, 0.15) is 5.75 Å². The lowest BCUT2D eigenvalue weighted by atomic mass is 10.2. The minimum Gasteiger partial charge on any atom is -0.507 e. The van der Waals surface area contributed by atoms with Crippen LogP contribution in [0.25, 0.3) is 6.08 Å². The van der Waals surface area contributed by atoms with Crippen molar-refractivity contribution < 1.29 is 9.84 Å². The lowest BCUT2D eigenvalue weighted by molar-refractivity contribution is 0.159. The van der Waals surface area contributed by atoms with Gasteiger partial charge in [0.2, 0.25) is 0 Å². The zero-order chi connectivity index (χ0) is 10.9. The van der Waals surface area contributed by atoms with Crippen molar-refractivity contribution in [2.75, 3.05) is 13.2 Å². The molecule has 1 rings (SSSR count). The van der Waals surface area contributed by atoms with Crippen LogP contribution < -0.4 is 0 Å². The number of hydrogen-bond acceptors (Lipinski definition) is 2. The molecule has 0 spiro atoms. The van der Waals surface area contributed by atoms with Crippen molar-refractivity contribution in [3.8, 4) is 5.75 Å². The van der Waals surface area contributed by atoms with E-state index in [1.54, 1.807) is 6.07 Å². The van der Waals surface area contributed by atoms with E-state index in [4.69, 9.17) is 4.74 Å². The maximum absolute atomic E-state index is 9.46. The van der Waals surface area contributed by atoms with E-state index < -0.39 is 0 Å². The van der Waals surface area contributed by atoms with Crippen LogP contribution in [0.4, 0.5) is 0 Å². The topological polar surface area (TPSA) is 29.5 Å². The number of para-hydroxylation sites is 1. The normalized spacial score (nSPS) is 11.0. The molecule has 0 bridgehead atoms. The summed E-state index contributed by atoms with van der Waals surface area (Å²) in [5.41, 5.74) is 0.830. The van der Waals surface area contributed by atoms with Gasteiger partial charge in [-0.25, -0.2) is 0 Å². The van der Waals surface area contributed by atoms with E-state index >= 15 is 0 Å². The van der Waals surface area contributed by atoms with Gasteiger partial charge in [-0.05, 0) is 12.5 Å². The van der Waals surface area contributed by atoms with Crippen LogP contribution in [0.5, 0.6) is 5.75 Å². The molecule has 0 unspecified atom stereocenters. The van der Waals surface area contributed by atoms with Gasteiger partial charge in [0.15, 0.2) is 0 Å². The SMILES string of the molecule is CCCCOCC=Cc1ccccc1O. The molecule has 0 heterocycles. The Balaban J connectivity index is 2.29. The molecule has 0 saturated heterocycles. The zero-order valence-electron chi connectivity index (χ0n) is 9.15. The molecule has 0 atom stereocenters. The van der Waals surface area contributed by atoms with Crippen molar-refractivity contribution in [3.63, 3.8) is 0 Å². The van der Waals surface area contributed by atoms with Crippen molar-refractivity contribution >= 4 is 6.08 Å². The summed E-state index contributed by atoms with van der Waals surface area (Å²) in [6, 6.07) is 7.26. The maximum Gasteiger partial charge on any atom is 0.122 e. The Bertz CT molecular complexity index is 305. The predicted molar refractivity (Wildman–Crippen MR) is 62.9 cm³/mol. The molecule has 0 amide bonds. The van der Waals surface area contributed by atoms with Crippen LogP contribution in [-0.2, 0) is 4.74 Å². The van der Waals surface area contributed by atoms with E-state index in [9.17, 15) is 5.11 Å². The van der Waals surface area contributed by atoms with Gasteiger partial charge in [0.25, 0.3) is 0 Å². The summed E-state index contributed by atoms with van der Waals surface area (Å²) in [6.45, 7) is 3.55. The zero-order valence-corrected chi connectivity index (χ0v) is 9.15. The average molecular weight is 206 g/mol. The van der Waals surface area contributed by atoms with Gasteiger partial charge in [0.05, 0.1) is 6.61 Å². The Morgan fingerprint density at radius 2 is 2.13 bits per heavy atom. The summed E-state index contributed by atoms with van der Waals surface area (Å²) in [7, 11) is 0. The number of ether oxygens (including phenoxy) is 1. The van der Waals surface area contributed by atoms with E-state index in [1.165, 1.54) is 0 Å². The highest BCUT2D eigenvalue weighted by molar-refractivity contribution is 5.56. The second kappa shape index (κ2) is 7.07. The molecule has 15 heavy (non-hydrogen) atoms. The van der Waals surface area contributed by atoms with Crippen LogP contribution in [0.3, 0.4) is 0 Å². The van der Waals surface area contributed by atoms with Crippen molar-refractivity contribution in [1.29, 1.82) is 0 Å². The highest BCUT2D eigenvalue weighted by Crippen LogP contribution is 2.16. The Hall–Kier alpha value is -1.28. The second-order valence-electron chi connectivity index (χ2n) is 3.39. The number of phenolic OH excluding ortho intramolecular Hbond substituents is 1. The smallest absolute Gasteiger partial charge is 0.122 e. The molecule has 0 aliphatic rings. The first kappa shape index (κ1) is 11.8. The standard InChI is InChI=1S/C13H18O2/c1-2-3-10-15-11-6-8-12-7-4-5-9-13(12)14/h4-9,14H,2-3,10-11H2,1H3. The molecule has 2 nitrogen and oxygen atoms in total. The van der Waals surface area contributed by atoms with Crippen LogP contribution in [-0.4, -0.2) is 18.3 Å². The molecule has 0 aromatic heterocycles. The number of benzene rings is 1. The van der Waals surface area contributed by atoms with Crippen LogP contribution in [0.1, 0.15) is 25.3 Å². The first-order valence-corrected chi connectivity index (χ1v) is 5.37. The third kappa shape index (κ3) is 4.66. The van der Waals surface area contributed by atoms with E-state index in [1.807, 2.05) is 30.4 Å². The molecule has 82 valence electrons. The van der Waals surface area contributed by atoms with Gasteiger partial charge < -0.3 is 9.84 Å². The summed E-state index contributed by atoms with van der Waals surface area (Å²) in [5, 5.41) is 9.46. The third-order valence-electron chi connectivity index (χ3n) is 2.09. The lowest BCUT2D eigenvalue weighted by Gasteiger charge is -1.99. The monoisotopic (exact) mass is 206 g/mol. The van der Waals surface area contributed by atoms with E-state index in [2.05, 4.69) is 6.92 Å². The van der Waals surface area contributed by atoms with Crippen LogP contribution in [0.2, 0.25) is 0 Å². The van der Waals surface area contributed by atoms with Crippen LogP contribution in [0.15, 0.2) is 30.3 Å². The Kier molecular flexibility index (Phi) is 5.56. The summed E-state index contributed by atoms with van der Waals surface area (Å²) in [5.74, 6) is 0.308. The highest BCUT2D eigenvalue weighted by Gasteiger charge is 1.92. The number of unbranched alkanes of at least 4 members (excludes halogenated alkanes) is 1. The molecule has 0 aliphatic heterocycles. The van der Waals surface area contributed by atoms with Gasteiger partial charge in [-0.2, -0.15) is 0 Å². The van der Waals surface area contributed by atoms with Gasteiger partial charge >= 0.3 is 0 Å². The summed E-state index contributed by atoms with van der Waals surface area (Å²) in [6.07, 6.45) is 6.06. The van der Waals surface area contributed by atoms with Crippen molar-refractivity contribution in [2.24, 2.45) is 0 Å². The van der Waals surface area contributed by atoms with E-state index in [0.717, 1.165) is 25.0 Å². The summed E-state index contributed by atoms with van der Waals surface area (Å²) >= 11 is 0. The van der Waals surface area contributed by atoms with E-state index in [-0.39, 0.29) is 0 Å². The molecule has 0 fully saturated rings. The first-order valence-electron chi connectivity index (χ1n) is 5.37. The Morgan fingerprint density at radius 3 is 2.87 bits per heavy atom. The molecular formula is C13H18O2. The number of phenols is 1.